The van der Waals surface area contributed by atoms with Crippen molar-refractivity contribution in [3.05, 3.63) is 59.8 Å². The highest BCUT2D eigenvalue weighted by Crippen LogP contribution is 2.26. The Morgan fingerprint density at radius 3 is 2.77 bits per heavy atom. The van der Waals surface area contributed by atoms with Crippen LogP contribution < -0.4 is 0 Å². The fourth-order valence-electron chi connectivity index (χ4n) is 3.56. The molecule has 3 aromatic heterocycles. The van der Waals surface area contributed by atoms with Gasteiger partial charge >= 0.3 is 0 Å². The SMILES string of the molecule is Cc1ccn(CC(=O)N2CCCN(C(=O)c3cccnc3)C(c3nc(C)no3)C2)n1. The van der Waals surface area contributed by atoms with E-state index in [1.807, 2.05) is 13.0 Å². The largest absolute Gasteiger partial charge is 0.338 e. The van der Waals surface area contributed by atoms with Gasteiger partial charge in [0.05, 0.1) is 17.8 Å². The second-order valence-electron chi connectivity index (χ2n) is 7.28. The van der Waals surface area contributed by atoms with E-state index in [1.54, 1.807) is 45.9 Å². The molecule has 10 heteroatoms. The Kier molecular flexibility index (Phi) is 5.55. The van der Waals surface area contributed by atoms with Gasteiger partial charge in [0.1, 0.15) is 12.6 Å². The quantitative estimate of drug-likeness (QED) is 0.640. The Balaban J connectivity index is 1.59. The molecule has 1 saturated heterocycles. The van der Waals surface area contributed by atoms with Gasteiger partial charge in [0.2, 0.25) is 5.91 Å². The molecule has 0 aromatic carbocycles. The minimum Gasteiger partial charge on any atom is -0.338 e. The van der Waals surface area contributed by atoms with E-state index in [1.165, 1.54) is 6.20 Å². The first-order valence-electron chi connectivity index (χ1n) is 9.80. The van der Waals surface area contributed by atoms with Crippen molar-refractivity contribution in [2.75, 3.05) is 19.6 Å². The molecule has 30 heavy (non-hydrogen) atoms. The number of carbonyl (C=O) groups excluding carboxylic acids is 2. The van der Waals surface area contributed by atoms with Crippen molar-refractivity contribution >= 4 is 11.8 Å². The van der Waals surface area contributed by atoms with Crippen LogP contribution in [0.4, 0.5) is 0 Å². The van der Waals surface area contributed by atoms with Crippen LogP contribution in [0.1, 0.15) is 40.2 Å². The number of rotatable bonds is 4. The zero-order chi connectivity index (χ0) is 21.1. The minimum atomic E-state index is -0.537. The lowest BCUT2D eigenvalue weighted by molar-refractivity contribution is -0.132. The van der Waals surface area contributed by atoms with Crippen LogP contribution in [0.2, 0.25) is 0 Å². The topological polar surface area (TPSA) is 110 Å². The first kappa shape index (κ1) is 19.7. The van der Waals surface area contributed by atoms with E-state index in [0.29, 0.717) is 36.8 Å². The summed E-state index contributed by atoms with van der Waals surface area (Å²) < 4.78 is 7.02. The van der Waals surface area contributed by atoms with Gasteiger partial charge in [0.15, 0.2) is 5.82 Å². The van der Waals surface area contributed by atoms with Gasteiger partial charge in [-0.15, -0.1) is 0 Å². The van der Waals surface area contributed by atoms with Crippen molar-refractivity contribution < 1.29 is 14.1 Å². The van der Waals surface area contributed by atoms with Gasteiger partial charge in [0, 0.05) is 31.7 Å². The summed E-state index contributed by atoms with van der Waals surface area (Å²) in [6.07, 6.45) is 5.57. The first-order valence-corrected chi connectivity index (χ1v) is 9.80. The molecular weight excluding hydrogens is 386 g/mol. The fraction of sp³-hybridized carbons (Fsp3) is 0.400. The van der Waals surface area contributed by atoms with E-state index in [-0.39, 0.29) is 24.9 Å². The van der Waals surface area contributed by atoms with Gasteiger partial charge in [0.25, 0.3) is 11.8 Å². The van der Waals surface area contributed by atoms with E-state index in [2.05, 4.69) is 20.2 Å². The number of pyridine rings is 1. The molecule has 1 aliphatic heterocycles. The summed E-state index contributed by atoms with van der Waals surface area (Å²) in [5.41, 5.74) is 1.33. The highest BCUT2D eigenvalue weighted by atomic mass is 16.5. The Morgan fingerprint density at radius 2 is 2.10 bits per heavy atom. The molecule has 2 amide bonds. The number of aromatic nitrogens is 5. The Bertz CT molecular complexity index is 1030. The lowest BCUT2D eigenvalue weighted by atomic mass is 10.1. The zero-order valence-electron chi connectivity index (χ0n) is 16.9. The van der Waals surface area contributed by atoms with Crippen LogP contribution in [0.3, 0.4) is 0 Å². The van der Waals surface area contributed by atoms with Gasteiger partial charge < -0.3 is 14.3 Å². The van der Waals surface area contributed by atoms with E-state index in [9.17, 15) is 9.59 Å². The molecule has 10 nitrogen and oxygen atoms in total. The average molecular weight is 409 g/mol. The van der Waals surface area contributed by atoms with Gasteiger partial charge in [-0.25, -0.2) is 0 Å². The van der Waals surface area contributed by atoms with Crippen LogP contribution in [0.5, 0.6) is 0 Å². The van der Waals surface area contributed by atoms with Crippen LogP contribution in [0, 0.1) is 13.8 Å². The predicted octanol–water partition coefficient (Wildman–Crippen LogP) is 1.39. The Morgan fingerprint density at radius 1 is 1.23 bits per heavy atom. The molecule has 156 valence electrons. The number of hydrogen-bond donors (Lipinski definition) is 0. The maximum atomic E-state index is 13.2. The summed E-state index contributed by atoms with van der Waals surface area (Å²) in [6, 6.07) is 4.76. The third-order valence-corrected chi connectivity index (χ3v) is 5.02. The third kappa shape index (κ3) is 4.22. The number of amides is 2. The number of carbonyl (C=O) groups is 2. The monoisotopic (exact) mass is 409 g/mol. The van der Waals surface area contributed by atoms with Crippen molar-refractivity contribution in [2.45, 2.75) is 32.9 Å². The lowest BCUT2D eigenvalue weighted by Crippen LogP contribution is -2.41. The molecule has 0 N–H and O–H groups in total. The normalized spacial score (nSPS) is 17.1. The average Bonchev–Trinajstić information content (AvgIpc) is 3.29. The summed E-state index contributed by atoms with van der Waals surface area (Å²) in [5.74, 6) is 0.545. The van der Waals surface area contributed by atoms with Gasteiger partial charge in [-0.1, -0.05) is 5.16 Å². The minimum absolute atomic E-state index is 0.0741. The van der Waals surface area contributed by atoms with Crippen LogP contribution in [0.15, 0.2) is 41.3 Å². The fourth-order valence-corrected chi connectivity index (χ4v) is 3.56. The highest BCUT2D eigenvalue weighted by Gasteiger charge is 2.35. The lowest BCUT2D eigenvalue weighted by Gasteiger charge is -2.29. The van der Waals surface area contributed by atoms with Crippen molar-refractivity contribution in [2.24, 2.45) is 0 Å². The predicted molar refractivity (Wildman–Crippen MR) is 105 cm³/mol. The van der Waals surface area contributed by atoms with Crippen molar-refractivity contribution in [1.29, 1.82) is 0 Å². The molecule has 0 radical (unpaired) electrons. The summed E-state index contributed by atoms with van der Waals surface area (Å²) >= 11 is 0. The standard InChI is InChI=1S/C20H23N7O3/c1-14-6-10-26(23-14)13-18(28)25-8-4-9-27(20(29)16-5-3-7-21-11-16)17(12-25)19-22-15(2)24-30-19/h3,5-7,10-11,17H,4,8-9,12-13H2,1-2H3. The molecule has 4 rings (SSSR count). The number of aryl methyl sites for hydroxylation is 2. The summed E-state index contributed by atoms with van der Waals surface area (Å²) in [7, 11) is 0. The van der Waals surface area contributed by atoms with E-state index < -0.39 is 6.04 Å². The van der Waals surface area contributed by atoms with Crippen molar-refractivity contribution in [1.82, 2.24) is 34.7 Å². The number of hydrogen-bond acceptors (Lipinski definition) is 7. The summed E-state index contributed by atoms with van der Waals surface area (Å²) in [4.78, 5) is 37.9. The number of nitrogens with zero attached hydrogens (tertiary/aromatic N) is 7. The van der Waals surface area contributed by atoms with Crippen LogP contribution in [-0.4, -0.2) is 66.2 Å². The molecule has 3 aromatic rings. The molecule has 0 spiro atoms. The molecule has 0 aliphatic carbocycles. The van der Waals surface area contributed by atoms with Crippen LogP contribution in [-0.2, 0) is 11.3 Å². The molecule has 0 saturated carbocycles. The maximum absolute atomic E-state index is 13.2. The summed E-state index contributed by atoms with van der Waals surface area (Å²) in [6.45, 7) is 5.00. The molecule has 1 fully saturated rings. The Labute approximate surface area is 173 Å². The van der Waals surface area contributed by atoms with Gasteiger partial charge in [-0.3, -0.25) is 19.3 Å². The molecule has 1 atom stereocenters. The van der Waals surface area contributed by atoms with E-state index >= 15 is 0 Å². The van der Waals surface area contributed by atoms with E-state index in [4.69, 9.17) is 4.52 Å². The van der Waals surface area contributed by atoms with Crippen LogP contribution >= 0.6 is 0 Å². The second-order valence-corrected chi connectivity index (χ2v) is 7.28. The van der Waals surface area contributed by atoms with Crippen LogP contribution in [0.25, 0.3) is 0 Å². The van der Waals surface area contributed by atoms with Crippen molar-refractivity contribution in [3.63, 3.8) is 0 Å². The third-order valence-electron chi connectivity index (χ3n) is 5.02. The van der Waals surface area contributed by atoms with Gasteiger partial charge in [-0.05, 0) is 38.5 Å². The zero-order valence-corrected chi connectivity index (χ0v) is 16.9. The molecule has 1 aliphatic rings. The maximum Gasteiger partial charge on any atom is 0.256 e. The highest BCUT2D eigenvalue weighted by molar-refractivity contribution is 5.94. The molecule has 4 heterocycles. The van der Waals surface area contributed by atoms with Crippen molar-refractivity contribution in [3.8, 4) is 0 Å². The van der Waals surface area contributed by atoms with Gasteiger partial charge in [-0.2, -0.15) is 10.1 Å². The molecule has 0 bridgehead atoms. The molecule has 1 unspecified atom stereocenters. The smallest absolute Gasteiger partial charge is 0.256 e. The Hall–Kier alpha value is -3.56. The summed E-state index contributed by atoms with van der Waals surface area (Å²) in [5, 5.41) is 8.16. The van der Waals surface area contributed by atoms with E-state index in [0.717, 1.165) is 5.69 Å². The first-order chi connectivity index (χ1) is 14.5. The second kappa shape index (κ2) is 8.44. The molecular formula is C20H23N7O3.